The predicted molar refractivity (Wildman–Crippen MR) is 24.5 cm³/mol. The summed E-state index contributed by atoms with van der Waals surface area (Å²) in [5.74, 6) is 0. The molecule has 8 heavy (non-hydrogen) atoms. The van der Waals surface area contributed by atoms with Gasteiger partial charge in [0.1, 0.15) is 6.11 Å². The highest BCUT2D eigenvalue weighted by Gasteiger charge is 2.04. The van der Waals surface area contributed by atoms with E-state index in [9.17, 15) is 8.42 Å². The summed E-state index contributed by atoms with van der Waals surface area (Å²) >= 11 is 0. The van der Waals surface area contributed by atoms with Crippen LogP contribution in [-0.4, -0.2) is 8.42 Å². The topological polar surface area (TPSA) is 67.2 Å². The molecular weight excluding hydrogens is 130 g/mol. The van der Waals surface area contributed by atoms with Crippen LogP contribution in [0.1, 0.15) is 0 Å². The first-order valence-corrected chi connectivity index (χ1v) is 2.83. The number of terminal acetylenes is 1. The minimum atomic E-state index is -4.10. The van der Waals surface area contributed by atoms with Gasteiger partial charge in [0.25, 0.3) is 0 Å². The Morgan fingerprint density at radius 3 is 2.25 bits per heavy atom. The van der Waals surface area contributed by atoms with Crippen LogP contribution < -0.4 is 0 Å². The highest BCUT2D eigenvalue weighted by Crippen LogP contribution is 1.84. The van der Waals surface area contributed by atoms with Gasteiger partial charge in [-0.1, -0.05) is 6.42 Å². The van der Waals surface area contributed by atoms with Crippen LogP contribution in [0.5, 0.6) is 0 Å². The lowest BCUT2D eigenvalue weighted by Crippen LogP contribution is -1.94. The minimum absolute atomic E-state index is 0.850. The summed E-state index contributed by atoms with van der Waals surface area (Å²) in [6, 6.07) is 0. The average Bonchev–Trinajstić information content (AvgIpc) is 1.67. The zero-order valence-electron chi connectivity index (χ0n) is 3.66. The van der Waals surface area contributed by atoms with Gasteiger partial charge in [-0.25, -0.2) is 0 Å². The third-order valence-corrected chi connectivity index (χ3v) is 0.809. The van der Waals surface area contributed by atoms with Crippen LogP contribution in [-0.2, 0) is 14.3 Å². The molecule has 0 saturated heterocycles. The lowest BCUT2D eigenvalue weighted by atomic mass is 11.3. The van der Waals surface area contributed by atoms with Crippen molar-refractivity contribution in [1.29, 1.82) is 5.26 Å². The van der Waals surface area contributed by atoms with Crippen LogP contribution >= 0.6 is 0 Å². The van der Waals surface area contributed by atoms with Gasteiger partial charge in [0.15, 0.2) is 0 Å². The van der Waals surface area contributed by atoms with Crippen LogP contribution in [0.25, 0.3) is 0 Å². The van der Waals surface area contributed by atoms with Crippen molar-refractivity contribution >= 4 is 10.1 Å². The molecule has 0 aliphatic carbocycles. The molecule has 0 N–H and O–H groups in total. The summed E-state index contributed by atoms with van der Waals surface area (Å²) in [5.41, 5.74) is 0. The molecule has 0 aromatic carbocycles. The van der Waals surface area contributed by atoms with Crippen molar-refractivity contribution in [3.63, 3.8) is 0 Å². The largest absolute Gasteiger partial charge is 0.415 e. The van der Waals surface area contributed by atoms with Crippen LogP contribution in [0.4, 0.5) is 0 Å². The molecule has 0 rings (SSSR count). The van der Waals surface area contributed by atoms with E-state index in [1.54, 1.807) is 0 Å². The van der Waals surface area contributed by atoms with E-state index in [2.05, 4.69) is 10.6 Å². The zero-order chi connectivity index (χ0) is 6.62. The molecule has 0 aromatic heterocycles. The Morgan fingerprint density at radius 2 is 2.12 bits per heavy atom. The smallest absolute Gasteiger partial charge is 0.317 e. The first-order chi connectivity index (χ1) is 3.62. The highest BCUT2D eigenvalue weighted by atomic mass is 32.2. The number of nitriles is 1. The van der Waals surface area contributed by atoms with Crippen molar-refractivity contribution in [3.8, 4) is 17.9 Å². The van der Waals surface area contributed by atoms with E-state index in [4.69, 9.17) is 5.26 Å². The molecule has 0 saturated carbocycles. The average molecular weight is 131 g/mol. The molecule has 0 aromatic rings. The Morgan fingerprint density at radius 1 is 1.62 bits per heavy atom. The maximum atomic E-state index is 9.87. The fourth-order valence-corrected chi connectivity index (χ4v) is 0.246. The lowest BCUT2D eigenvalue weighted by molar-refractivity contribution is 0.478. The maximum Gasteiger partial charge on any atom is 0.415 e. The van der Waals surface area contributed by atoms with Crippen LogP contribution in [0.2, 0.25) is 0 Å². The summed E-state index contributed by atoms with van der Waals surface area (Å²) in [6.07, 6.45) is 5.74. The quantitative estimate of drug-likeness (QED) is 0.206. The number of thiocyanates is 1. The molecule has 0 fully saturated rings. The first-order valence-electron chi connectivity index (χ1n) is 1.42. The third kappa shape index (κ3) is 2.06. The Kier molecular flexibility index (Phi) is 1.87. The summed E-state index contributed by atoms with van der Waals surface area (Å²) < 4.78 is 23.3. The normalized spacial score (nSPS) is 8.75. The summed E-state index contributed by atoms with van der Waals surface area (Å²) in [5, 5.41) is 8.52. The van der Waals surface area contributed by atoms with Crippen molar-refractivity contribution in [1.82, 2.24) is 0 Å². The van der Waals surface area contributed by atoms with E-state index in [0.717, 1.165) is 5.40 Å². The molecule has 5 heteroatoms. The van der Waals surface area contributed by atoms with Crippen molar-refractivity contribution < 1.29 is 12.6 Å². The summed E-state index contributed by atoms with van der Waals surface area (Å²) in [4.78, 5) is 0. The molecule has 0 atom stereocenters. The molecule has 0 unspecified atom stereocenters. The molecule has 42 valence electrons. The molecule has 0 radical (unpaired) electrons. The van der Waals surface area contributed by atoms with Crippen molar-refractivity contribution in [2.75, 3.05) is 0 Å². The number of hydrogen-bond acceptors (Lipinski definition) is 4. The second kappa shape index (κ2) is 2.20. The number of nitrogens with zero attached hydrogens (tertiary/aromatic N) is 1. The first kappa shape index (κ1) is 6.80. The van der Waals surface area contributed by atoms with E-state index in [0.29, 0.717) is 0 Å². The van der Waals surface area contributed by atoms with E-state index in [1.807, 2.05) is 0 Å². The molecule has 0 bridgehead atoms. The molecular formula is C3HNO3S. The van der Waals surface area contributed by atoms with Gasteiger partial charge in [-0.3, -0.25) is 0 Å². The van der Waals surface area contributed by atoms with E-state index < -0.39 is 10.1 Å². The zero-order valence-corrected chi connectivity index (χ0v) is 4.47. The number of hydrogen-bond donors (Lipinski definition) is 0. The molecule has 0 heterocycles. The molecule has 0 spiro atoms. The molecule has 4 nitrogen and oxygen atoms in total. The highest BCUT2D eigenvalue weighted by molar-refractivity contribution is 7.91. The molecule has 0 amide bonds. The Bertz CT molecular complexity index is 239. The van der Waals surface area contributed by atoms with Gasteiger partial charge < -0.3 is 4.18 Å². The predicted octanol–water partition coefficient (Wildman–Crippen LogP) is -0.595. The van der Waals surface area contributed by atoms with Crippen LogP contribution in [0.15, 0.2) is 0 Å². The molecule has 0 aliphatic rings. The van der Waals surface area contributed by atoms with Gasteiger partial charge >= 0.3 is 10.1 Å². The van der Waals surface area contributed by atoms with Gasteiger partial charge in [0.05, 0.1) is 0 Å². The van der Waals surface area contributed by atoms with E-state index in [-0.39, 0.29) is 0 Å². The SMILES string of the molecule is C#COS(=O)(=O)C#N. The fraction of sp³-hybridized carbons (Fsp3) is 0. The fourth-order valence-electron chi connectivity index (χ4n) is 0.0820. The number of rotatable bonds is 1. The summed E-state index contributed by atoms with van der Waals surface area (Å²) in [7, 11) is -4.10. The monoisotopic (exact) mass is 131 g/mol. The lowest BCUT2D eigenvalue weighted by Gasteiger charge is -1.81. The minimum Gasteiger partial charge on any atom is -0.317 e. The Labute approximate surface area is 46.8 Å². The summed E-state index contributed by atoms with van der Waals surface area (Å²) in [6.45, 7) is 0. The van der Waals surface area contributed by atoms with Gasteiger partial charge in [-0.15, -0.1) is 0 Å². The van der Waals surface area contributed by atoms with Crippen molar-refractivity contribution in [3.05, 3.63) is 0 Å². The van der Waals surface area contributed by atoms with Crippen LogP contribution in [0.3, 0.4) is 0 Å². The Hall–Kier alpha value is -1.20. The van der Waals surface area contributed by atoms with Crippen molar-refractivity contribution in [2.24, 2.45) is 0 Å². The van der Waals surface area contributed by atoms with E-state index in [1.165, 1.54) is 6.11 Å². The molecule has 0 aliphatic heterocycles. The van der Waals surface area contributed by atoms with Gasteiger partial charge in [0, 0.05) is 0 Å². The maximum absolute atomic E-state index is 9.87. The van der Waals surface area contributed by atoms with Gasteiger partial charge in [-0.05, 0) is 0 Å². The standard InChI is InChI=1S/C3HNO3S/c1-2-7-8(5,6)3-4/h1H. The third-order valence-electron chi connectivity index (χ3n) is 0.270. The second-order valence-electron chi connectivity index (χ2n) is 0.747. The second-order valence-corrected chi connectivity index (χ2v) is 2.00. The van der Waals surface area contributed by atoms with Gasteiger partial charge in [0.2, 0.25) is 5.40 Å². The van der Waals surface area contributed by atoms with Crippen molar-refractivity contribution in [2.45, 2.75) is 0 Å². The van der Waals surface area contributed by atoms with Crippen LogP contribution in [0, 0.1) is 23.2 Å². The van der Waals surface area contributed by atoms with Gasteiger partial charge in [-0.2, -0.15) is 13.7 Å². The Balaban J connectivity index is 4.31. The van der Waals surface area contributed by atoms with E-state index >= 15 is 0 Å².